The van der Waals surface area contributed by atoms with Crippen LogP contribution in [0.4, 0.5) is 0 Å². The van der Waals surface area contributed by atoms with Crippen LogP contribution in [0.3, 0.4) is 0 Å². The summed E-state index contributed by atoms with van der Waals surface area (Å²) in [5.41, 5.74) is 1.24. The van der Waals surface area contributed by atoms with Crippen molar-refractivity contribution in [3.8, 4) is 6.07 Å². The van der Waals surface area contributed by atoms with Gasteiger partial charge in [-0.05, 0) is 17.7 Å². The van der Waals surface area contributed by atoms with Gasteiger partial charge in [0.05, 0.1) is 24.0 Å². The van der Waals surface area contributed by atoms with Crippen LogP contribution in [0.2, 0.25) is 0 Å². The third-order valence-corrected chi connectivity index (χ3v) is 4.06. The van der Waals surface area contributed by atoms with Gasteiger partial charge in [0.25, 0.3) is 0 Å². The Morgan fingerprint density at radius 2 is 2.18 bits per heavy atom. The maximum absolute atomic E-state index is 11.6. The molecular weight excluding hydrogens is 240 g/mol. The smallest absolute Gasteiger partial charge is 0.216 e. The van der Waals surface area contributed by atoms with Crippen molar-refractivity contribution in [1.82, 2.24) is 4.31 Å². The van der Waals surface area contributed by atoms with Crippen LogP contribution in [-0.4, -0.2) is 37.2 Å². The molecule has 1 rings (SSSR count). The molecule has 1 N–H and O–H groups in total. The molecule has 92 valence electrons. The lowest BCUT2D eigenvalue weighted by Crippen LogP contribution is -2.30. The van der Waals surface area contributed by atoms with Crippen molar-refractivity contribution in [2.75, 3.05) is 19.4 Å². The molecule has 0 aliphatic carbocycles. The molecule has 0 spiro atoms. The molecule has 0 amide bonds. The predicted molar refractivity (Wildman–Crippen MR) is 63.5 cm³/mol. The van der Waals surface area contributed by atoms with E-state index in [1.165, 1.54) is 11.4 Å². The molecule has 17 heavy (non-hydrogen) atoms. The number of aliphatic hydroxyl groups excluding tert-OH is 1. The molecule has 0 radical (unpaired) electrons. The van der Waals surface area contributed by atoms with Crippen LogP contribution in [-0.2, 0) is 16.6 Å². The summed E-state index contributed by atoms with van der Waals surface area (Å²) in [6, 6.07) is 8.76. The largest absolute Gasteiger partial charge is 0.395 e. The summed E-state index contributed by atoms with van der Waals surface area (Å²) in [4.78, 5) is 0. The lowest BCUT2D eigenvalue weighted by atomic mass is 10.1. The van der Waals surface area contributed by atoms with Crippen LogP contribution in [0, 0.1) is 11.3 Å². The highest BCUT2D eigenvalue weighted by Gasteiger charge is 2.17. The fourth-order valence-electron chi connectivity index (χ4n) is 1.37. The van der Waals surface area contributed by atoms with E-state index in [0.29, 0.717) is 5.56 Å². The minimum absolute atomic E-state index is 0.192. The quantitative estimate of drug-likeness (QED) is 0.820. The van der Waals surface area contributed by atoms with Gasteiger partial charge < -0.3 is 5.11 Å². The van der Waals surface area contributed by atoms with Crippen molar-refractivity contribution < 1.29 is 13.5 Å². The van der Waals surface area contributed by atoms with Crippen molar-refractivity contribution >= 4 is 10.0 Å². The van der Waals surface area contributed by atoms with Crippen molar-refractivity contribution in [3.63, 3.8) is 0 Å². The number of hydrogen-bond acceptors (Lipinski definition) is 4. The van der Waals surface area contributed by atoms with E-state index in [0.717, 1.165) is 5.56 Å². The number of aliphatic hydroxyl groups is 1. The average molecular weight is 254 g/mol. The van der Waals surface area contributed by atoms with Crippen molar-refractivity contribution in [1.29, 1.82) is 5.26 Å². The van der Waals surface area contributed by atoms with E-state index >= 15 is 0 Å². The van der Waals surface area contributed by atoms with Crippen LogP contribution in [0.5, 0.6) is 0 Å². The van der Waals surface area contributed by atoms with E-state index in [1.807, 2.05) is 6.07 Å². The minimum Gasteiger partial charge on any atom is -0.395 e. The maximum atomic E-state index is 11.6. The maximum Gasteiger partial charge on any atom is 0.216 e. The van der Waals surface area contributed by atoms with Crippen LogP contribution in [0.1, 0.15) is 11.1 Å². The molecule has 1 aromatic rings. The van der Waals surface area contributed by atoms with Crippen LogP contribution >= 0.6 is 0 Å². The summed E-state index contributed by atoms with van der Waals surface area (Å²) in [6.45, 7) is -0.206. The van der Waals surface area contributed by atoms with Gasteiger partial charge in [-0.2, -0.15) is 5.26 Å². The fraction of sp³-hybridized carbons (Fsp3) is 0.364. The van der Waals surface area contributed by atoms with Crippen molar-refractivity contribution in [3.05, 3.63) is 35.4 Å². The van der Waals surface area contributed by atoms with Gasteiger partial charge in [0, 0.05) is 13.6 Å². The second-order valence-corrected chi connectivity index (χ2v) is 5.80. The summed E-state index contributed by atoms with van der Waals surface area (Å²) < 4.78 is 24.3. The zero-order chi connectivity index (χ0) is 12.9. The third kappa shape index (κ3) is 3.82. The molecule has 0 atom stereocenters. The zero-order valence-electron chi connectivity index (χ0n) is 9.50. The Hall–Kier alpha value is -1.42. The third-order valence-electron chi connectivity index (χ3n) is 2.29. The Morgan fingerprint density at radius 3 is 2.76 bits per heavy atom. The number of hydrogen-bond donors (Lipinski definition) is 1. The summed E-state index contributed by atoms with van der Waals surface area (Å²) >= 11 is 0. The predicted octanol–water partition coefficient (Wildman–Crippen LogP) is 0.312. The Morgan fingerprint density at radius 1 is 1.47 bits per heavy atom. The number of rotatable bonds is 5. The van der Waals surface area contributed by atoms with Crippen LogP contribution < -0.4 is 0 Å². The molecule has 0 bridgehead atoms. The average Bonchev–Trinajstić information content (AvgIpc) is 2.29. The van der Waals surface area contributed by atoms with Gasteiger partial charge in [-0.3, -0.25) is 0 Å². The summed E-state index contributed by atoms with van der Waals surface area (Å²) in [5, 5.41) is 17.4. The fourth-order valence-corrected chi connectivity index (χ4v) is 2.25. The van der Waals surface area contributed by atoms with Crippen LogP contribution in [0.25, 0.3) is 0 Å². The number of nitrogens with zero attached hydrogens (tertiary/aromatic N) is 2. The SMILES string of the molecule is CN(Cc1cccc(C#N)c1)S(=O)(=O)CCO. The van der Waals surface area contributed by atoms with Crippen molar-refractivity contribution in [2.45, 2.75) is 6.54 Å². The Bertz CT molecular complexity index is 520. The minimum atomic E-state index is -3.43. The molecule has 0 unspecified atom stereocenters. The van der Waals surface area contributed by atoms with Gasteiger partial charge in [-0.15, -0.1) is 0 Å². The Balaban J connectivity index is 2.81. The molecule has 0 fully saturated rings. The van der Waals surface area contributed by atoms with E-state index in [9.17, 15) is 8.42 Å². The van der Waals surface area contributed by atoms with Crippen LogP contribution in [0.15, 0.2) is 24.3 Å². The molecule has 6 heteroatoms. The molecule has 0 aromatic heterocycles. The standard InChI is InChI=1S/C11H14N2O3S/c1-13(17(15,16)6-5-14)9-11-4-2-3-10(7-11)8-12/h2-4,7,14H,5-6,9H2,1H3. The van der Waals surface area contributed by atoms with E-state index in [4.69, 9.17) is 10.4 Å². The highest BCUT2D eigenvalue weighted by molar-refractivity contribution is 7.89. The first kappa shape index (κ1) is 13.6. The van der Waals surface area contributed by atoms with Gasteiger partial charge >= 0.3 is 0 Å². The van der Waals surface area contributed by atoms with Gasteiger partial charge in [0.1, 0.15) is 0 Å². The molecular formula is C11H14N2O3S. The summed E-state index contributed by atoms with van der Waals surface area (Å²) in [6.07, 6.45) is 0. The van der Waals surface area contributed by atoms with Gasteiger partial charge in [-0.1, -0.05) is 12.1 Å². The molecule has 5 nitrogen and oxygen atoms in total. The van der Waals surface area contributed by atoms with E-state index in [-0.39, 0.29) is 12.3 Å². The van der Waals surface area contributed by atoms with Gasteiger partial charge in [-0.25, -0.2) is 12.7 Å². The first-order valence-corrected chi connectivity index (χ1v) is 6.64. The summed E-state index contributed by atoms with van der Waals surface area (Å²) in [7, 11) is -1.98. The second kappa shape index (κ2) is 5.77. The number of nitriles is 1. The van der Waals surface area contributed by atoms with Crippen molar-refractivity contribution in [2.24, 2.45) is 0 Å². The molecule has 0 aliphatic heterocycles. The topological polar surface area (TPSA) is 81.4 Å². The number of sulfonamides is 1. The monoisotopic (exact) mass is 254 g/mol. The number of benzene rings is 1. The molecule has 0 saturated carbocycles. The van der Waals surface area contributed by atoms with E-state index < -0.39 is 16.6 Å². The molecule has 0 aliphatic rings. The van der Waals surface area contributed by atoms with E-state index in [2.05, 4.69) is 0 Å². The molecule has 0 heterocycles. The normalized spacial score (nSPS) is 11.4. The highest BCUT2D eigenvalue weighted by atomic mass is 32.2. The molecule has 1 aromatic carbocycles. The Labute approximate surface area is 101 Å². The Kier molecular flexibility index (Phi) is 4.63. The zero-order valence-corrected chi connectivity index (χ0v) is 10.3. The first-order valence-electron chi connectivity index (χ1n) is 5.03. The summed E-state index contributed by atoms with van der Waals surface area (Å²) in [5.74, 6) is -0.290. The lowest BCUT2D eigenvalue weighted by molar-refractivity contribution is 0.316. The first-order chi connectivity index (χ1) is 7.99. The molecule has 0 saturated heterocycles. The second-order valence-electron chi connectivity index (χ2n) is 3.61. The van der Waals surface area contributed by atoms with Gasteiger partial charge in [0.2, 0.25) is 10.0 Å². The van der Waals surface area contributed by atoms with E-state index in [1.54, 1.807) is 24.3 Å². The lowest BCUT2D eigenvalue weighted by Gasteiger charge is -2.16. The highest BCUT2D eigenvalue weighted by Crippen LogP contribution is 2.09. The van der Waals surface area contributed by atoms with Gasteiger partial charge in [0.15, 0.2) is 0 Å².